The number of alkyl halides is 3. The second-order valence-electron chi connectivity index (χ2n) is 4.78. The SMILES string of the molecule is CC(=O)c1ncc(OCc2ccccc2)c(=O)n1CC(F)(F)F. The van der Waals surface area contributed by atoms with Gasteiger partial charge in [0, 0.05) is 6.92 Å². The number of carbonyl (C=O) groups excluding carboxylic acids is 1. The Hall–Kier alpha value is -2.64. The summed E-state index contributed by atoms with van der Waals surface area (Å²) in [6.45, 7) is -0.557. The first-order chi connectivity index (χ1) is 10.8. The molecule has 23 heavy (non-hydrogen) atoms. The highest BCUT2D eigenvalue weighted by Gasteiger charge is 2.31. The minimum atomic E-state index is -4.66. The molecule has 1 heterocycles. The highest BCUT2D eigenvalue weighted by molar-refractivity contribution is 5.90. The Morgan fingerprint density at radius 3 is 2.48 bits per heavy atom. The van der Waals surface area contributed by atoms with Crippen molar-refractivity contribution in [2.75, 3.05) is 0 Å². The molecule has 5 nitrogen and oxygen atoms in total. The topological polar surface area (TPSA) is 61.2 Å². The molecule has 0 aliphatic carbocycles. The average molecular weight is 326 g/mol. The van der Waals surface area contributed by atoms with Crippen LogP contribution >= 0.6 is 0 Å². The Kier molecular flexibility index (Phi) is 4.83. The van der Waals surface area contributed by atoms with Crippen LogP contribution in [-0.4, -0.2) is 21.5 Å². The lowest BCUT2D eigenvalue weighted by molar-refractivity contribution is -0.141. The minimum Gasteiger partial charge on any atom is -0.482 e. The number of nitrogens with zero attached hydrogens (tertiary/aromatic N) is 2. The lowest BCUT2D eigenvalue weighted by atomic mass is 10.2. The number of hydrogen-bond acceptors (Lipinski definition) is 4. The van der Waals surface area contributed by atoms with Gasteiger partial charge in [0.05, 0.1) is 6.20 Å². The van der Waals surface area contributed by atoms with Crippen molar-refractivity contribution in [1.82, 2.24) is 9.55 Å². The fraction of sp³-hybridized carbons (Fsp3) is 0.267. The first kappa shape index (κ1) is 16.7. The molecule has 0 atom stereocenters. The standard InChI is InChI=1S/C15H13F3N2O3/c1-10(21)13-19-7-12(14(22)20(13)9-15(16,17)18)23-8-11-5-3-2-4-6-11/h2-7H,8-9H2,1H3. The van der Waals surface area contributed by atoms with Crippen LogP contribution in [0.25, 0.3) is 0 Å². The summed E-state index contributed by atoms with van der Waals surface area (Å²) in [5, 5.41) is 0. The van der Waals surface area contributed by atoms with Gasteiger partial charge in [-0.1, -0.05) is 30.3 Å². The van der Waals surface area contributed by atoms with E-state index in [1.807, 2.05) is 0 Å². The van der Waals surface area contributed by atoms with Crippen LogP contribution in [-0.2, 0) is 13.2 Å². The van der Waals surface area contributed by atoms with E-state index in [2.05, 4.69) is 4.98 Å². The van der Waals surface area contributed by atoms with Gasteiger partial charge in [-0.2, -0.15) is 13.2 Å². The van der Waals surface area contributed by atoms with Crippen molar-refractivity contribution < 1.29 is 22.7 Å². The maximum Gasteiger partial charge on any atom is 0.406 e. The zero-order valence-electron chi connectivity index (χ0n) is 12.1. The van der Waals surface area contributed by atoms with Gasteiger partial charge < -0.3 is 4.74 Å². The fourth-order valence-electron chi connectivity index (χ4n) is 1.92. The molecule has 0 bridgehead atoms. The lowest BCUT2D eigenvalue weighted by Crippen LogP contribution is -2.33. The zero-order chi connectivity index (χ0) is 17.0. The maximum absolute atomic E-state index is 12.6. The number of benzene rings is 1. The Balaban J connectivity index is 2.33. The lowest BCUT2D eigenvalue weighted by Gasteiger charge is -2.14. The van der Waals surface area contributed by atoms with Gasteiger partial charge in [-0.15, -0.1) is 0 Å². The first-order valence-electron chi connectivity index (χ1n) is 6.62. The summed E-state index contributed by atoms with van der Waals surface area (Å²) in [5.41, 5.74) is -0.302. The average Bonchev–Trinajstić information content (AvgIpc) is 2.47. The molecule has 2 aromatic rings. The van der Waals surface area contributed by atoms with E-state index in [0.717, 1.165) is 18.7 Å². The Morgan fingerprint density at radius 2 is 1.91 bits per heavy atom. The normalized spacial score (nSPS) is 11.3. The van der Waals surface area contributed by atoms with E-state index >= 15 is 0 Å². The summed E-state index contributed by atoms with van der Waals surface area (Å²) >= 11 is 0. The molecule has 0 spiro atoms. The number of Topliss-reactive ketones (excluding diaryl/α,β-unsaturated/α-hetero) is 1. The molecule has 0 aliphatic heterocycles. The molecule has 0 saturated heterocycles. The van der Waals surface area contributed by atoms with E-state index in [0.29, 0.717) is 0 Å². The van der Waals surface area contributed by atoms with Crippen LogP contribution in [0.5, 0.6) is 5.75 Å². The summed E-state index contributed by atoms with van der Waals surface area (Å²) in [6.07, 6.45) is -3.69. The Labute approximate surface area is 129 Å². The summed E-state index contributed by atoms with van der Waals surface area (Å²) in [7, 11) is 0. The molecule has 0 radical (unpaired) electrons. The van der Waals surface area contributed by atoms with Gasteiger partial charge in [0.1, 0.15) is 13.2 Å². The predicted molar refractivity (Wildman–Crippen MR) is 75.3 cm³/mol. The highest BCUT2D eigenvalue weighted by Crippen LogP contribution is 2.18. The third kappa shape index (κ3) is 4.41. The third-order valence-electron chi connectivity index (χ3n) is 2.91. The molecular formula is C15H13F3N2O3. The summed E-state index contributed by atoms with van der Waals surface area (Å²) < 4.78 is 43.3. The number of ether oxygens (including phenoxy) is 1. The molecule has 0 saturated carbocycles. The van der Waals surface area contributed by atoms with Crippen molar-refractivity contribution >= 4 is 5.78 Å². The largest absolute Gasteiger partial charge is 0.482 e. The van der Waals surface area contributed by atoms with Gasteiger partial charge >= 0.3 is 6.18 Å². The summed E-state index contributed by atoms with van der Waals surface area (Å²) in [6, 6.07) is 8.80. The second kappa shape index (κ2) is 6.64. The molecule has 0 amide bonds. The van der Waals surface area contributed by atoms with Crippen LogP contribution < -0.4 is 10.3 Å². The first-order valence-corrected chi connectivity index (χ1v) is 6.62. The van der Waals surface area contributed by atoms with Crippen LogP contribution in [0.2, 0.25) is 0 Å². The van der Waals surface area contributed by atoms with Crippen molar-refractivity contribution in [3.63, 3.8) is 0 Å². The molecule has 122 valence electrons. The molecule has 0 aliphatic rings. The molecule has 2 rings (SSSR count). The van der Waals surface area contributed by atoms with Crippen molar-refractivity contribution in [3.8, 4) is 5.75 Å². The third-order valence-corrected chi connectivity index (χ3v) is 2.91. The Bertz CT molecular complexity index is 755. The van der Waals surface area contributed by atoms with E-state index in [9.17, 15) is 22.8 Å². The van der Waals surface area contributed by atoms with Crippen LogP contribution in [0.4, 0.5) is 13.2 Å². The van der Waals surface area contributed by atoms with Gasteiger partial charge in [-0.25, -0.2) is 4.98 Å². The van der Waals surface area contributed by atoms with E-state index in [4.69, 9.17) is 4.74 Å². The quantitative estimate of drug-likeness (QED) is 0.793. The van der Waals surface area contributed by atoms with Crippen LogP contribution in [0.15, 0.2) is 41.3 Å². The number of aromatic nitrogens is 2. The van der Waals surface area contributed by atoms with Crippen molar-refractivity contribution in [2.24, 2.45) is 0 Å². The van der Waals surface area contributed by atoms with Gasteiger partial charge in [0.2, 0.25) is 5.75 Å². The maximum atomic E-state index is 12.6. The summed E-state index contributed by atoms with van der Waals surface area (Å²) in [4.78, 5) is 27.1. The van der Waals surface area contributed by atoms with E-state index in [1.54, 1.807) is 30.3 Å². The molecule has 1 aromatic heterocycles. The zero-order valence-corrected chi connectivity index (χ0v) is 12.1. The number of rotatable bonds is 5. The number of halogens is 3. The van der Waals surface area contributed by atoms with Crippen molar-refractivity contribution in [2.45, 2.75) is 26.3 Å². The minimum absolute atomic E-state index is 0.00317. The molecule has 1 aromatic carbocycles. The Morgan fingerprint density at radius 1 is 1.26 bits per heavy atom. The van der Waals surface area contributed by atoms with Gasteiger partial charge in [0.15, 0.2) is 11.6 Å². The molecule has 0 fully saturated rings. The van der Waals surface area contributed by atoms with E-state index in [1.165, 1.54) is 0 Å². The summed E-state index contributed by atoms with van der Waals surface area (Å²) in [5.74, 6) is -1.64. The monoisotopic (exact) mass is 326 g/mol. The molecular weight excluding hydrogens is 313 g/mol. The van der Waals surface area contributed by atoms with Crippen LogP contribution in [0.1, 0.15) is 23.1 Å². The molecule has 8 heteroatoms. The second-order valence-corrected chi connectivity index (χ2v) is 4.78. The fourth-order valence-corrected chi connectivity index (χ4v) is 1.92. The van der Waals surface area contributed by atoms with E-state index < -0.39 is 29.9 Å². The number of carbonyl (C=O) groups is 1. The number of hydrogen-bond donors (Lipinski definition) is 0. The molecule has 0 N–H and O–H groups in total. The van der Waals surface area contributed by atoms with Crippen LogP contribution in [0.3, 0.4) is 0 Å². The van der Waals surface area contributed by atoms with Gasteiger partial charge in [0.25, 0.3) is 5.56 Å². The smallest absolute Gasteiger partial charge is 0.406 e. The number of ketones is 1. The van der Waals surface area contributed by atoms with E-state index in [-0.39, 0.29) is 16.9 Å². The van der Waals surface area contributed by atoms with Crippen molar-refractivity contribution in [3.05, 3.63) is 58.3 Å². The van der Waals surface area contributed by atoms with Crippen molar-refractivity contribution in [1.29, 1.82) is 0 Å². The van der Waals surface area contributed by atoms with Crippen LogP contribution in [0, 0.1) is 0 Å². The predicted octanol–water partition coefficient (Wildman–Crippen LogP) is 2.59. The molecule has 0 unspecified atom stereocenters. The van der Waals surface area contributed by atoms with Gasteiger partial charge in [-0.05, 0) is 5.56 Å². The highest BCUT2D eigenvalue weighted by atomic mass is 19.4. The van der Waals surface area contributed by atoms with Gasteiger partial charge in [-0.3, -0.25) is 14.2 Å².